The van der Waals surface area contributed by atoms with Crippen LogP contribution in [0.3, 0.4) is 0 Å². The van der Waals surface area contributed by atoms with Gasteiger partial charge in [-0.15, -0.1) is 0 Å². The molecule has 2 rings (SSSR count). The fourth-order valence-electron chi connectivity index (χ4n) is 2.70. The third kappa shape index (κ3) is 2.94. The van der Waals surface area contributed by atoms with Crippen molar-refractivity contribution in [3.63, 3.8) is 0 Å². The molecule has 0 bridgehead atoms. The number of rotatable bonds is 5. The van der Waals surface area contributed by atoms with Crippen molar-refractivity contribution in [3.8, 4) is 0 Å². The molecule has 2 heterocycles. The zero-order valence-corrected chi connectivity index (χ0v) is 13.2. The van der Waals surface area contributed by atoms with Gasteiger partial charge in [0, 0.05) is 19.4 Å². The highest BCUT2D eigenvalue weighted by atomic mass is 16.2. The summed E-state index contributed by atoms with van der Waals surface area (Å²) in [5.41, 5.74) is 0. The van der Waals surface area contributed by atoms with Gasteiger partial charge in [-0.25, -0.2) is 4.98 Å². The van der Waals surface area contributed by atoms with Crippen LogP contribution in [-0.2, 0) is 23.2 Å². The topological polar surface area (TPSA) is 67.2 Å². The standard InChI is InChI=1S/C15H24N4O2/c1-5-10(3)13-15(21)19(11(6-2)14(20)17-13)9-12-16-7-8-18(12)4/h7-8,10-11,13H,5-6,9H2,1-4H3,(H,17,20). The number of aromatic nitrogens is 2. The third-order valence-electron chi connectivity index (χ3n) is 4.36. The van der Waals surface area contributed by atoms with Crippen molar-refractivity contribution in [2.75, 3.05) is 0 Å². The maximum absolute atomic E-state index is 12.8. The Morgan fingerprint density at radius 3 is 2.62 bits per heavy atom. The summed E-state index contributed by atoms with van der Waals surface area (Å²) in [6, 6.07) is -0.833. The molecule has 0 aromatic carbocycles. The van der Waals surface area contributed by atoms with Crippen molar-refractivity contribution < 1.29 is 9.59 Å². The number of carbonyl (C=O) groups excluding carboxylic acids is 2. The number of hydrogen-bond donors (Lipinski definition) is 1. The minimum absolute atomic E-state index is 0.00111. The molecule has 1 fully saturated rings. The lowest BCUT2D eigenvalue weighted by atomic mass is 9.93. The summed E-state index contributed by atoms with van der Waals surface area (Å²) in [4.78, 5) is 31.0. The Morgan fingerprint density at radius 2 is 2.10 bits per heavy atom. The Labute approximate surface area is 125 Å². The summed E-state index contributed by atoms with van der Waals surface area (Å²) in [6.07, 6.45) is 5.01. The molecule has 116 valence electrons. The van der Waals surface area contributed by atoms with E-state index in [4.69, 9.17) is 0 Å². The second-order valence-electron chi connectivity index (χ2n) is 5.72. The quantitative estimate of drug-likeness (QED) is 0.883. The van der Waals surface area contributed by atoms with Gasteiger partial charge in [0.05, 0.1) is 6.54 Å². The van der Waals surface area contributed by atoms with Crippen LogP contribution in [-0.4, -0.2) is 38.3 Å². The molecule has 0 radical (unpaired) electrons. The molecule has 1 aromatic heterocycles. The maximum atomic E-state index is 12.8. The van der Waals surface area contributed by atoms with Crippen molar-refractivity contribution in [2.24, 2.45) is 13.0 Å². The fourth-order valence-corrected chi connectivity index (χ4v) is 2.70. The van der Waals surface area contributed by atoms with Crippen LogP contribution in [0.1, 0.15) is 39.4 Å². The summed E-state index contributed by atoms with van der Waals surface area (Å²) in [7, 11) is 1.89. The third-order valence-corrected chi connectivity index (χ3v) is 4.36. The molecule has 2 amide bonds. The zero-order chi connectivity index (χ0) is 15.6. The van der Waals surface area contributed by atoms with Gasteiger partial charge < -0.3 is 14.8 Å². The molecule has 6 heteroatoms. The number of imidazole rings is 1. The lowest BCUT2D eigenvalue weighted by Gasteiger charge is -2.40. The predicted molar refractivity (Wildman–Crippen MR) is 79.2 cm³/mol. The molecule has 6 nitrogen and oxygen atoms in total. The highest BCUT2D eigenvalue weighted by Gasteiger charge is 2.41. The molecule has 3 atom stereocenters. The van der Waals surface area contributed by atoms with Crippen LogP contribution in [0.5, 0.6) is 0 Å². The molecule has 0 saturated carbocycles. The normalized spacial score (nSPS) is 24.1. The minimum atomic E-state index is -0.425. The van der Waals surface area contributed by atoms with E-state index in [1.165, 1.54) is 0 Å². The van der Waals surface area contributed by atoms with Gasteiger partial charge in [-0.2, -0.15) is 0 Å². The first-order chi connectivity index (χ1) is 9.99. The average molecular weight is 292 g/mol. The first-order valence-electron chi connectivity index (χ1n) is 7.56. The number of carbonyl (C=O) groups is 2. The van der Waals surface area contributed by atoms with Gasteiger partial charge in [0.1, 0.15) is 17.9 Å². The number of amides is 2. The van der Waals surface area contributed by atoms with Crippen LogP contribution in [0.25, 0.3) is 0 Å². The van der Waals surface area contributed by atoms with Crippen LogP contribution in [0, 0.1) is 5.92 Å². The fraction of sp³-hybridized carbons (Fsp3) is 0.667. The second kappa shape index (κ2) is 6.28. The van der Waals surface area contributed by atoms with Gasteiger partial charge in [-0.1, -0.05) is 27.2 Å². The number of nitrogens with one attached hydrogen (secondary N) is 1. The SMILES string of the molecule is CCC(C)C1NC(=O)C(CC)N(Cc2nccn2C)C1=O. The molecular weight excluding hydrogens is 268 g/mol. The van der Waals surface area contributed by atoms with Gasteiger partial charge >= 0.3 is 0 Å². The van der Waals surface area contributed by atoms with Gasteiger partial charge in [0.25, 0.3) is 0 Å². The Kier molecular flexibility index (Phi) is 4.65. The van der Waals surface area contributed by atoms with E-state index in [1.54, 1.807) is 11.1 Å². The van der Waals surface area contributed by atoms with Gasteiger partial charge in [0.15, 0.2) is 0 Å². The first-order valence-corrected chi connectivity index (χ1v) is 7.56. The van der Waals surface area contributed by atoms with E-state index in [1.807, 2.05) is 38.6 Å². The van der Waals surface area contributed by atoms with E-state index >= 15 is 0 Å². The summed E-state index contributed by atoms with van der Waals surface area (Å²) < 4.78 is 1.88. The predicted octanol–water partition coefficient (Wildman–Crippen LogP) is 1.07. The number of nitrogens with zero attached hydrogens (tertiary/aromatic N) is 3. The molecule has 1 aliphatic rings. The summed E-state index contributed by atoms with van der Waals surface area (Å²) in [5, 5.41) is 2.88. The van der Waals surface area contributed by atoms with E-state index in [0.717, 1.165) is 12.2 Å². The monoisotopic (exact) mass is 292 g/mol. The molecule has 0 spiro atoms. The lowest BCUT2D eigenvalue weighted by Crippen LogP contribution is -2.64. The van der Waals surface area contributed by atoms with E-state index < -0.39 is 12.1 Å². The van der Waals surface area contributed by atoms with Crippen LogP contribution in [0.15, 0.2) is 12.4 Å². The van der Waals surface area contributed by atoms with Crippen molar-refractivity contribution in [2.45, 2.75) is 52.2 Å². The maximum Gasteiger partial charge on any atom is 0.246 e. The molecule has 3 unspecified atom stereocenters. The second-order valence-corrected chi connectivity index (χ2v) is 5.72. The number of aryl methyl sites for hydroxylation is 1. The van der Waals surface area contributed by atoms with E-state index in [0.29, 0.717) is 13.0 Å². The van der Waals surface area contributed by atoms with Crippen molar-refractivity contribution in [3.05, 3.63) is 18.2 Å². The van der Waals surface area contributed by atoms with Crippen molar-refractivity contribution in [1.82, 2.24) is 19.8 Å². The van der Waals surface area contributed by atoms with E-state index in [-0.39, 0.29) is 17.7 Å². The smallest absolute Gasteiger partial charge is 0.246 e. The van der Waals surface area contributed by atoms with Crippen molar-refractivity contribution in [1.29, 1.82) is 0 Å². The number of piperazine rings is 1. The number of hydrogen-bond acceptors (Lipinski definition) is 3. The Balaban J connectivity index is 2.26. The van der Waals surface area contributed by atoms with Crippen LogP contribution < -0.4 is 5.32 Å². The molecule has 1 N–H and O–H groups in total. The Hall–Kier alpha value is -1.85. The molecule has 1 aromatic rings. The molecule has 1 aliphatic heterocycles. The van der Waals surface area contributed by atoms with Crippen LogP contribution >= 0.6 is 0 Å². The Morgan fingerprint density at radius 1 is 1.38 bits per heavy atom. The summed E-state index contributed by atoms with van der Waals surface area (Å²) in [6.45, 7) is 6.32. The van der Waals surface area contributed by atoms with Crippen LogP contribution in [0.4, 0.5) is 0 Å². The van der Waals surface area contributed by atoms with Crippen molar-refractivity contribution >= 4 is 11.8 Å². The minimum Gasteiger partial charge on any atom is -0.342 e. The summed E-state index contributed by atoms with van der Waals surface area (Å²) >= 11 is 0. The van der Waals surface area contributed by atoms with Gasteiger partial charge in [-0.05, 0) is 12.3 Å². The highest BCUT2D eigenvalue weighted by Crippen LogP contribution is 2.21. The highest BCUT2D eigenvalue weighted by molar-refractivity contribution is 5.97. The molecular formula is C15H24N4O2. The Bertz CT molecular complexity index is 525. The van der Waals surface area contributed by atoms with Gasteiger partial charge in [-0.3, -0.25) is 9.59 Å². The largest absolute Gasteiger partial charge is 0.342 e. The van der Waals surface area contributed by atoms with E-state index in [2.05, 4.69) is 10.3 Å². The zero-order valence-electron chi connectivity index (χ0n) is 13.2. The van der Waals surface area contributed by atoms with Crippen LogP contribution in [0.2, 0.25) is 0 Å². The molecule has 1 saturated heterocycles. The first kappa shape index (κ1) is 15.5. The summed E-state index contributed by atoms with van der Waals surface area (Å²) in [5.74, 6) is 0.859. The average Bonchev–Trinajstić information content (AvgIpc) is 2.87. The lowest BCUT2D eigenvalue weighted by molar-refractivity contribution is -0.151. The van der Waals surface area contributed by atoms with Gasteiger partial charge in [0.2, 0.25) is 11.8 Å². The van der Waals surface area contributed by atoms with E-state index in [9.17, 15) is 9.59 Å². The molecule has 21 heavy (non-hydrogen) atoms. The molecule has 0 aliphatic carbocycles.